The Morgan fingerprint density at radius 3 is 0.958 bits per heavy atom. The van der Waals surface area contributed by atoms with Gasteiger partial charge in [0, 0.05) is 62.0 Å². The summed E-state index contributed by atoms with van der Waals surface area (Å²) in [6.07, 6.45) is 1.47. The quantitative estimate of drug-likeness (QED) is 0.0671. The molecule has 0 radical (unpaired) electrons. The molecule has 0 aliphatic heterocycles. The highest BCUT2D eigenvalue weighted by molar-refractivity contribution is 5.89. The molecule has 0 saturated heterocycles. The number of carboxylic acids is 4. The average Bonchev–Trinajstić information content (AvgIpc) is 3.09. The zero-order valence-electron chi connectivity index (χ0n) is 26.2. The highest BCUT2D eigenvalue weighted by Gasteiger charge is 2.14. The molecule has 0 aromatic heterocycles. The van der Waals surface area contributed by atoms with Crippen molar-refractivity contribution in [3.05, 3.63) is 119 Å². The minimum Gasteiger partial charge on any atom is -0.478 e. The molecule has 48 heavy (non-hydrogen) atoms. The Kier molecular flexibility index (Phi) is 12.4. The molecule has 0 bridgehead atoms. The summed E-state index contributed by atoms with van der Waals surface area (Å²) < 4.78 is 0. The molecule has 0 spiro atoms. The van der Waals surface area contributed by atoms with Gasteiger partial charge in [-0.15, -0.1) is 0 Å². The summed E-state index contributed by atoms with van der Waals surface area (Å²) in [6.45, 7) is 3.71. The summed E-state index contributed by atoms with van der Waals surface area (Å²) in [7, 11) is 0. The lowest BCUT2D eigenvalue weighted by Crippen LogP contribution is -2.37. The van der Waals surface area contributed by atoms with Crippen LogP contribution in [0.3, 0.4) is 0 Å². The van der Waals surface area contributed by atoms with Gasteiger partial charge in [0.05, 0.1) is 22.3 Å². The maximum atomic E-state index is 11.5. The molecule has 0 fully saturated rings. The van der Waals surface area contributed by atoms with Crippen molar-refractivity contribution in [1.82, 2.24) is 0 Å². The summed E-state index contributed by atoms with van der Waals surface area (Å²) in [5.74, 6) is -3.98. The molecule has 4 aromatic rings. The van der Waals surface area contributed by atoms with Gasteiger partial charge in [0.1, 0.15) is 0 Å². The van der Waals surface area contributed by atoms with E-state index < -0.39 is 23.9 Å². The lowest BCUT2D eigenvalue weighted by molar-refractivity contribution is 0.0686. The number of nitrogens with one attached hydrogen (secondary N) is 2. The Morgan fingerprint density at radius 1 is 0.417 bits per heavy atom. The summed E-state index contributed by atoms with van der Waals surface area (Å²) in [6, 6.07) is 26.5. The first-order valence-electron chi connectivity index (χ1n) is 15.4. The molecule has 6 N–H and O–H groups in total. The van der Waals surface area contributed by atoms with Gasteiger partial charge in [-0.2, -0.15) is 0 Å². The van der Waals surface area contributed by atoms with Crippen LogP contribution in [0.25, 0.3) is 0 Å². The van der Waals surface area contributed by atoms with Gasteiger partial charge in [0.2, 0.25) is 0 Å². The van der Waals surface area contributed by atoms with Crippen LogP contribution in [0.15, 0.2) is 97.1 Å². The molecule has 250 valence electrons. The van der Waals surface area contributed by atoms with Crippen LogP contribution in [0.4, 0.5) is 22.7 Å². The van der Waals surface area contributed by atoms with Gasteiger partial charge in [0.15, 0.2) is 0 Å². The molecule has 4 rings (SSSR count). The number of benzene rings is 4. The maximum absolute atomic E-state index is 11.5. The number of hydrogen-bond donors (Lipinski definition) is 6. The van der Waals surface area contributed by atoms with Crippen LogP contribution >= 0.6 is 0 Å². The average molecular weight is 655 g/mol. The van der Waals surface area contributed by atoms with E-state index >= 15 is 0 Å². The van der Waals surface area contributed by atoms with Gasteiger partial charge < -0.3 is 40.9 Å². The van der Waals surface area contributed by atoms with E-state index in [9.17, 15) is 29.4 Å². The fraction of sp³-hybridized carbons (Fsp3) is 0.222. The fourth-order valence-corrected chi connectivity index (χ4v) is 5.08. The van der Waals surface area contributed by atoms with Crippen LogP contribution < -0.4 is 20.4 Å². The van der Waals surface area contributed by atoms with Gasteiger partial charge >= 0.3 is 23.9 Å². The molecule has 0 aliphatic carbocycles. The Labute approximate surface area is 277 Å². The number of hydrogen-bond acceptors (Lipinski definition) is 8. The molecule has 4 aromatic carbocycles. The molecule has 0 aliphatic rings. The standard InChI is InChI=1S/C36H38N4O8/c41-33(42)25-3-11-29(12-4-25)37-19-1-21-39(31-15-7-27(8-16-31)35(45)46)23-24-40(32-17-9-28(10-18-32)36(47)48)22-2-20-38-30-13-5-26(6-14-30)34(43)44/h3-18,37-38H,1-2,19-24H2,(H,41,42)(H,43,44)(H,45,46)(H,47,48). The highest BCUT2D eigenvalue weighted by atomic mass is 16.4. The van der Waals surface area contributed by atoms with E-state index in [0.29, 0.717) is 39.3 Å². The second-order valence-corrected chi connectivity index (χ2v) is 11.0. The zero-order valence-corrected chi connectivity index (χ0v) is 26.2. The van der Waals surface area contributed by atoms with Crippen LogP contribution in [0, 0.1) is 0 Å². The minimum absolute atomic E-state index is 0.190. The van der Waals surface area contributed by atoms with Gasteiger partial charge in [-0.1, -0.05) is 0 Å². The van der Waals surface area contributed by atoms with Crippen LogP contribution in [0.5, 0.6) is 0 Å². The lowest BCUT2D eigenvalue weighted by atomic mass is 10.1. The summed E-state index contributed by atoms with van der Waals surface area (Å²) in [5, 5.41) is 43.6. The molecular formula is C36H38N4O8. The Bertz CT molecular complexity index is 1550. The van der Waals surface area contributed by atoms with Crippen LogP contribution in [0.2, 0.25) is 0 Å². The second kappa shape index (κ2) is 17.0. The van der Waals surface area contributed by atoms with Gasteiger partial charge in [0.25, 0.3) is 0 Å². The van der Waals surface area contributed by atoms with Gasteiger partial charge in [-0.05, 0) is 110 Å². The Morgan fingerprint density at radius 2 is 0.688 bits per heavy atom. The number of carboxylic acid groups (broad SMARTS) is 4. The predicted molar refractivity (Wildman–Crippen MR) is 184 cm³/mol. The van der Waals surface area contributed by atoms with Crippen LogP contribution in [-0.2, 0) is 0 Å². The first-order chi connectivity index (χ1) is 23.1. The number of nitrogens with zero attached hydrogens (tertiary/aromatic N) is 2. The first-order valence-corrected chi connectivity index (χ1v) is 15.4. The zero-order chi connectivity index (χ0) is 34.5. The fourth-order valence-electron chi connectivity index (χ4n) is 5.08. The number of anilines is 4. The molecule has 0 amide bonds. The van der Waals surface area contributed by atoms with E-state index in [1.807, 2.05) is 0 Å². The van der Waals surface area contributed by atoms with E-state index in [1.54, 1.807) is 97.1 Å². The van der Waals surface area contributed by atoms with Gasteiger partial charge in [-0.3, -0.25) is 0 Å². The van der Waals surface area contributed by atoms with Crippen molar-refractivity contribution in [3.63, 3.8) is 0 Å². The van der Waals surface area contributed by atoms with E-state index in [1.165, 1.54) is 0 Å². The third kappa shape index (κ3) is 10.2. The highest BCUT2D eigenvalue weighted by Crippen LogP contribution is 2.20. The largest absolute Gasteiger partial charge is 0.478 e. The smallest absolute Gasteiger partial charge is 0.335 e. The first kappa shape index (κ1) is 34.8. The molecule has 12 heteroatoms. The number of rotatable bonds is 19. The van der Waals surface area contributed by atoms with E-state index in [4.69, 9.17) is 10.2 Å². The van der Waals surface area contributed by atoms with Crippen molar-refractivity contribution in [2.45, 2.75) is 12.8 Å². The Balaban J connectivity index is 1.43. The van der Waals surface area contributed by atoms with Crippen LogP contribution in [0.1, 0.15) is 54.3 Å². The van der Waals surface area contributed by atoms with Gasteiger partial charge in [-0.25, -0.2) is 19.2 Å². The normalized spacial score (nSPS) is 10.6. The van der Waals surface area contributed by atoms with Crippen molar-refractivity contribution in [2.24, 2.45) is 0 Å². The Hall–Kier alpha value is -6.04. The van der Waals surface area contributed by atoms with Crippen molar-refractivity contribution in [2.75, 3.05) is 59.7 Å². The van der Waals surface area contributed by atoms with E-state index in [-0.39, 0.29) is 22.3 Å². The molecule has 0 saturated carbocycles. The number of carbonyl (C=O) groups is 4. The lowest BCUT2D eigenvalue weighted by Gasteiger charge is -2.31. The monoisotopic (exact) mass is 654 g/mol. The van der Waals surface area contributed by atoms with E-state index in [2.05, 4.69) is 20.4 Å². The van der Waals surface area contributed by atoms with Crippen molar-refractivity contribution < 1.29 is 39.6 Å². The van der Waals surface area contributed by atoms with Crippen molar-refractivity contribution in [1.29, 1.82) is 0 Å². The maximum Gasteiger partial charge on any atom is 0.335 e. The second-order valence-electron chi connectivity index (χ2n) is 11.0. The summed E-state index contributed by atoms with van der Waals surface area (Å²) >= 11 is 0. The topological polar surface area (TPSA) is 180 Å². The van der Waals surface area contributed by atoms with Crippen molar-refractivity contribution in [3.8, 4) is 0 Å². The summed E-state index contributed by atoms with van der Waals surface area (Å²) in [5.41, 5.74) is 4.13. The molecule has 0 atom stereocenters. The number of aromatic carboxylic acids is 4. The molecule has 0 heterocycles. The predicted octanol–water partition coefficient (Wildman–Crippen LogP) is 5.80. The van der Waals surface area contributed by atoms with Crippen molar-refractivity contribution >= 4 is 46.6 Å². The summed E-state index contributed by atoms with van der Waals surface area (Å²) in [4.78, 5) is 49.5. The molecular weight excluding hydrogens is 616 g/mol. The SMILES string of the molecule is O=C(O)c1ccc(NCCCN(CCN(CCCNc2ccc(C(=O)O)cc2)c2ccc(C(=O)O)cc2)c2ccc(C(=O)O)cc2)cc1. The van der Waals surface area contributed by atoms with E-state index in [0.717, 1.165) is 35.6 Å². The molecule has 0 unspecified atom stereocenters. The third-order valence-electron chi connectivity index (χ3n) is 7.73. The third-order valence-corrected chi connectivity index (χ3v) is 7.73. The minimum atomic E-state index is -1.01. The van der Waals surface area contributed by atoms with Crippen LogP contribution in [-0.4, -0.2) is 83.6 Å². The molecule has 12 nitrogen and oxygen atoms in total.